The van der Waals surface area contributed by atoms with Crippen LogP contribution < -0.4 is 15.4 Å². The molecule has 28 heteroatoms. The fourth-order valence-electron chi connectivity index (χ4n) is 14.7. The van der Waals surface area contributed by atoms with E-state index >= 15 is 4.79 Å². The third-order valence-corrected chi connectivity index (χ3v) is 21.2. The van der Waals surface area contributed by atoms with Gasteiger partial charge in [0, 0.05) is 110 Å². The molecule has 598 valence electrons. The van der Waals surface area contributed by atoms with Gasteiger partial charge in [0.1, 0.15) is 36.5 Å². The second kappa shape index (κ2) is 45.1. The highest BCUT2D eigenvalue weighted by Gasteiger charge is 2.50. The molecule has 4 aliphatic rings. The Bertz CT molecular complexity index is 3200. The average molecular weight is 1510 g/mol. The number of carbonyl (C=O) groups excluding carboxylic acids is 9. The predicted molar refractivity (Wildman–Crippen MR) is 392 cm³/mol. The summed E-state index contributed by atoms with van der Waals surface area (Å²) in [7, 11) is 6.01. The Morgan fingerprint density at radius 2 is 1.36 bits per heavy atom. The Labute approximate surface area is 630 Å². The van der Waals surface area contributed by atoms with E-state index in [0.29, 0.717) is 115 Å². The van der Waals surface area contributed by atoms with E-state index in [4.69, 9.17) is 47.4 Å². The van der Waals surface area contributed by atoms with Crippen molar-refractivity contribution in [3.63, 3.8) is 0 Å². The van der Waals surface area contributed by atoms with Gasteiger partial charge in [-0.3, -0.25) is 43.1 Å². The molecule has 3 fully saturated rings. The zero-order chi connectivity index (χ0) is 78.4. The number of ether oxygens (including phenoxy) is 10. The second-order valence-electron chi connectivity index (χ2n) is 29.4. The van der Waals surface area contributed by atoms with E-state index in [1.165, 1.54) is 39.5 Å². The van der Waals surface area contributed by atoms with Gasteiger partial charge in [0.05, 0.1) is 87.9 Å². The van der Waals surface area contributed by atoms with E-state index in [2.05, 4.69) is 22.5 Å². The van der Waals surface area contributed by atoms with Crippen LogP contribution in [0.4, 0.5) is 10.5 Å². The number of methoxy groups -OCH3 is 2. The molecule has 2 aliphatic carbocycles. The first-order valence-electron chi connectivity index (χ1n) is 38.0. The second-order valence-corrected chi connectivity index (χ2v) is 29.4. The van der Waals surface area contributed by atoms with Gasteiger partial charge in [-0.25, -0.2) is 4.79 Å². The number of Topliss-reactive ketones (excluding diaryl/α,β-unsaturated/α-hetero) is 2. The minimum absolute atomic E-state index is 0.0271. The smallest absolute Gasteiger partial charge is 0.410 e. The number of amides is 5. The molecular weight excluding hydrogens is 1390 g/mol. The van der Waals surface area contributed by atoms with Crippen molar-refractivity contribution < 1.29 is 111 Å². The molecule has 2 saturated heterocycles. The van der Waals surface area contributed by atoms with E-state index in [1.54, 1.807) is 56.7 Å². The van der Waals surface area contributed by atoms with Crippen LogP contribution in [0.2, 0.25) is 0 Å². The SMILES string of the molecule is CC[C@H](C)[C@@H]([C@@H](CC(=O)N1CCC[C@H]1[C@H](OC)[C@@H](C)C(=O)N[C@H](C)[C@@H](O)c1ccccc1)OC)N(C)C(=O)[C@@H](CC(=O)[C@H](C(C)C)N(C)C(=O)OCc1cc(NC(=O)CCC(=O)CCCOCCOCCOCCCC(=O)OCC2[C@H]3CCC#CCC[C@@H]23)ccc1O[C@@H]1OC(OC=O)[C@@H](O)C(O)[C@@H]1O)C(C)C. The molecule has 0 aromatic heterocycles. The number of esters is 1. The van der Waals surface area contributed by atoms with Crippen LogP contribution in [0.15, 0.2) is 48.5 Å². The lowest BCUT2D eigenvalue weighted by Crippen LogP contribution is -2.59. The van der Waals surface area contributed by atoms with Crippen LogP contribution in [0, 0.1) is 59.2 Å². The van der Waals surface area contributed by atoms with Crippen molar-refractivity contribution in [1.29, 1.82) is 0 Å². The molecule has 0 spiro atoms. The first kappa shape index (κ1) is 88.7. The first-order valence-corrected chi connectivity index (χ1v) is 38.0. The fourth-order valence-corrected chi connectivity index (χ4v) is 14.7. The monoisotopic (exact) mass is 1510 g/mol. The van der Waals surface area contributed by atoms with Crippen molar-refractivity contribution in [1.82, 2.24) is 20.0 Å². The number of carbonyl (C=O) groups is 9. The summed E-state index contributed by atoms with van der Waals surface area (Å²) in [6, 6.07) is 10.3. The van der Waals surface area contributed by atoms with Gasteiger partial charge >= 0.3 is 12.1 Å². The molecule has 0 radical (unpaired) electrons. The summed E-state index contributed by atoms with van der Waals surface area (Å²) in [4.78, 5) is 127. The molecule has 5 amide bonds. The number of ketones is 2. The van der Waals surface area contributed by atoms with Crippen LogP contribution in [0.5, 0.6) is 5.75 Å². The zero-order valence-electron chi connectivity index (χ0n) is 64.6. The lowest BCUT2D eigenvalue weighted by molar-refractivity contribution is -0.321. The average Bonchev–Trinajstić information content (AvgIpc) is 1.62. The normalized spacial score (nSPS) is 23.0. The van der Waals surface area contributed by atoms with Crippen molar-refractivity contribution in [2.45, 2.75) is 232 Å². The maximum absolute atomic E-state index is 15.0. The summed E-state index contributed by atoms with van der Waals surface area (Å²) in [5.41, 5.74) is 0.884. The van der Waals surface area contributed by atoms with Crippen LogP contribution in [0.1, 0.15) is 169 Å². The molecule has 18 atom stereocenters. The zero-order valence-corrected chi connectivity index (χ0v) is 64.6. The summed E-state index contributed by atoms with van der Waals surface area (Å²) < 4.78 is 56.5. The van der Waals surface area contributed by atoms with Gasteiger partial charge in [0.25, 0.3) is 6.47 Å². The van der Waals surface area contributed by atoms with Crippen LogP contribution in [0.3, 0.4) is 0 Å². The van der Waals surface area contributed by atoms with Crippen molar-refractivity contribution in [3.8, 4) is 17.6 Å². The summed E-state index contributed by atoms with van der Waals surface area (Å²) in [5.74, 6) is 2.97. The van der Waals surface area contributed by atoms with E-state index in [0.717, 1.165) is 30.6 Å². The van der Waals surface area contributed by atoms with Gasteiger partial charge in [-0.2, -0.15) is 0 Å². The predicted octanol–water partition coefficient (Wildman–Crippen LogP) is 6.87. The van der Waals surface area contributed by atoms with E-state index in [9.17, 15) is 58.8 Å². The van der Waals surface area contributed by atoms with Gasteiger partial charge in [-0.15, -0.1) is 11.8 Å². The molecule has 2 aromatic rings. The lowest BCUT2D eigenvalue weighted by atomic mass is 9.83. The minimum atomic E-state index is -1.91. The van der Waals surface area contributed by atoms with E-state index in [-0.39, 0.29) is 96.9 Å². The Hall–Kier alpha value is -7.17. The molecule has 28 nitrogen and oxygen atoms in total. The molecule has 6 N–H and O–H groups in total. The Kier molecular flexibility index (Phi) is 37.4. The van der Waals surface area contributed by atoms with Crippen LogP contribution in [-0.2, 0) is 87.6 Å². The van der Waals surface area contributed by atoms with E-state index in [1.807, 2.05) is 45.9 Å². The Balaban J connectivity index is 1.00. The molecule has 6 rings (SSSR count). The van der Waals surface area contributed by atoms with Crippen molar-refractivity contribution in [3.05, 3.63) is 59.7 Å². The maximum Gasteiger partial charge on any atom is 0.410 e. The quantitative estimate of drug-likeness (QED) is 0.0129. The van der Waals surface area contributed by atoms with E-state index < -0.39 is 116 Å². The molecule has 2 aromatic carbocycles. The number of likely N-dealkylation sites (tertiary alicyclic amines) is 1. The maximum atomic E-state index is 15.0. The number of nitrogens with zero attached hydrogens (tertiary/aromatic N) is 3. The largest absolute Gasteiger partial charge is 0.465 e. The number of fused-ring (bicyclic) bond motifs is 1. The number of hydrogen-bond donors (Lipinski definition) is 6. The topological polar surface area (TPSA) is 361 Å². The van der Waals surface area contributed by atoms with Crippen LogP contribution in [0.25, 0.3) is 0 Å². The highest BCUT2D eigenvalue weighted by molar-refractivity contribution is 5.94. The number of nitrogens with one attached hydrogen (secondary N) is 2. The Morgan fingerprint density at radius 1 is 0.729 bits per heavy atom. The van der Waals surface area contributed by atoms with Crippen LogP contribution >= 0.6 is 0 Å². The number of rotatable bonds is 47. The molecule has 2 heterocycles. The van der Waals surface area contributed by atoms with Crippen LogP contribution in [-0.4, -0.2) is 237 Å². The fraction of sp³-hybridized carbons (Fsp3) is 0.709. The van der Waals surface area contributed by atoms with Gasteiger partial charge < -0.3 is 88.4 Å². The van der Waals surface area contributed by atoms with Crippen molar-refractivity contribution in [2.75, 3.05) is 86.4 Å². The summed E-state index contributed by atoms with van der Waals surface area (Å²) in [6.07, 6.45) is -6.01. The van der Waals surface area contributed by atoms with Gasteiger partial charge in [-0.1, -0.05) is 85.2 Å². The summed E-state index contributed by atoms with van der Waals surface area (Å²) >= 11 is 0. The van der Waals surface area contributed by atoms with Crippen molar-refractivity contribution >= 4 is 59.4 Å². The molecule has 2 aliphatic heterocycles. The number of likely N-dealkylation sites (N-methyl/N-ethyl adjacent to an activating group) is 2. The number of aliphatic hydroxyl groups excluding tert-OH is 4. The summed E-state index contributed by atoms with van der Waals surface area (Å²) in [5, 5.41) is 48.7. The molecule has 107 heavy (non-hydrogen) atoms. The molecule has 0 bridgehead atoms. The number of benzene rings is 2. The van der Waals surface area contributed by atoms with Gasteiger partial charge in [-0.05, 0) is 105 Å². The minimum Gasteiger partial charge on any atom is -0.465 e. The standard InChI is InChI=1S/C79H119N5O23/c1-13-50(6)69(64(98-11)44-66(89)84-35-21-29-61(84)74(99-12)51(7)75(95)80-52(8)70(91)53-24-17-16-18-25-53)82(9)76(96)59(48(2)3)43-62(87)68(49(4)5)83(10)79(97)104-45-54-42-55(31-33-63(54)106-78-73(94)71(92)72(93)77(107-78)105-47-85)81-65(88)34-32-56(86)26-22-36-100-38-40-102-41-39-101-37-23-30-67(90)103-46-60-57-27-19-14-15-20-28-58(57)60/h16-18,24-25,31,33,42,47-52,57-61,64,68-74,77-78,91-94H,13,19-23,26-30,32,34-41,43-46H2,1-12H3,(H,80,95)(H,81,88)/t50-,51+,52+,57-,58+,59-,60?,61-,64+,68-,69-,70+,71?,72-,73-,74+,77?,78+/m0/s1. The third-order valence-electron chi connectivity index (χ3n) is 21.2. The lowest BCUT2D eigenvalue weighted by Gasteiger charge is -2.41. The highest BCUT2D eigenvalue weighted by atomic mass is 16.8. The Morgan fingerprint density at radius 3 is 1.97 bits per heavy atom. The van der Waals surface area contributed by atoms with Crippen molar-refractivity contribution in [2.24, 2.45) is 47.3 Å². The number of anilines is 1. The number of aliphatic hydroxyl groups is 4. The highest BCUT2D eigenvalue weighted by Crippen LogP contribution is 2.52. The number of hydrogen-bond acceptors (Lipinski definition) is 23. The summed E-state index contributed by atoms with van der Waals surface area (Å²) in [6.45, 7) is 16.8. The van der Waals surface area contributed by atoms with Gasteiger partial charge in [0.15, 0.2) is 5.78 Å². The molecular formula is C79H119N5O23. The molecule has 1 saturated carbocycles. The first-order chi connectivity index (χ1) is 51.2. The van der Waals surface area contributed by atoms with Gasteiger partial charge in [0.2, 0.25) is 36.2 Å². The molecule has 3 unspecified atom stereocenters. The third kappa shape index (κ3) is 26.5.